The van der Waals surface area contributed by atoms with E-state index in [-0.39, 0.29) is 5.91 Å². The van der Waals surface area contributed by atoms with Gasteiger partial charge in [-0.2, -0.15) is 0 Å². The average Bonchev–Trinajstić information content (AvgIpc) is 2.35. The molecule has 19 heavy (non-hydrogen) atoms. The highest BCUT2D eigenvalue weighted by Crippen LogP contribution is 2.17. The van der Waals surface area contributed by atoms with Crippen LogP contribution in [0.5, 0.6) is 0 Å². The summed E-state index contributed by atoms with van der Waals surface area (Å²) in [5.74, 6) is 0.0289. The van der Waals surface area contributed by atoms with Crippen LogP contribution in [-0.4, -0.2) is 5.91 Å². The van der Waals surface area contributed by atoms with E-state index in [0.717, 1.165) is 11.3 Å². The summed E-state index contributed by atoms with van der Waals surface area (Å²) in [6.45, 7) is 6.20. The zero-order chi connectivity index (χ0) is 13.8. The molecule has 1 N–H and O–H groups in total. The molecule has 0 aliphatic heterocycles. The van der Waals surface area contributed by atoms with Crippen molar-refractivity contribution in [2.45, 2.75) is 27.2 Å². The summed E-state index contributed by atoms with van der Waals surface area (Å²) in [4.78, 5) is 12.1. The summed E-state index contributed by atoms with van der Waals surface area (Å²) in [7, 11) is 0. The fraction of sp³-hybridized carbons (Fsp3) is 0.235. The second-order valence-electron chi connectivity index (χ2n) is 4.97. The molecule has 2 nitrogen and oxygen atoms in total. The first-order chi connectivity index (χ1) is 9.06. The molecule has 0 saturated heterocycles. The van der Waals surface area contributed by atoms with Crippen molar-refractivity contribution in [3.8, 4) is 0 Å². The number of rotatable bonds is 3. The lowest BCUT2D eigenvalue weighted by atomic mass is 9.97. The van der Waals surface area contributed by atoms with Crippen LogP contribution in [0.4, 0.5) is 5.69 Å². The number of para-hydroxylation sites is 1. The second kappa shape index (κ2) is 5.70. The smallest absolute Gasteiger partial charge is 0.228 e. The van der Waals surface area contributed by atoms with Gasteiger partial charge in [0.2, 0.25) is 5.91 Å². The number of carbonyl (C=O) groups excluding carboxylic acids is 1. The molecule has 0 radical (unpaired) electrons. The van der Waals surface area contributed by atoms with Crippen molar-refractivity contribution in [2.24, 2.45) is 0 Å². The van der Waals surface area contributed by atoms with Crippen molar-refractivity contribution in [2.75, 3.05) is 5.32 Å². The Bertz CT molecular complexity index is 564. The van der Waals surface area contributed by atoms with Crippen molar-refractivity contribution in [3.05, 3.63) is 64.7 Å². The van der Waals surface area contributed by atoms with Gasteiger partial charge >= 0.3 is 0 Å². The van der Waals surface area contributed by atoms with Gasteiger partial charge in [-0.05, 0) is 49.6 Å². The van der Waals surface area contributed by atoms with E-state index in [0.29, 0.717) is 6.42 Å². The monoisotopic (exact) mass is 253 g/mol. The minimum Gasteiger partial charge on any atom is -0.326 e. The normalized spacial score (nSPS) is 10.3. The zero-order valence-electron chi connectivity index (χ0n) is 11.7. The van der Waals surface area contributed by atoms with Crippen LogP contribution in [0.2, 0.25) is 0 Å². The molecule has 2 aromatic rings. The van der Waals surface area contributed by atoms with E-state index < -0.39 is 0 Å². The lowest BCUT2D eigenvalue weighted by Crippen LogP contribution is -2.15. The quantitative estimate of drug-likeness (QED) is 0.885. The van der Waals surface area contributed by atoms with Gasteiger partial charge in [-0.25, -0.2) is 0 Å². The van der Waals surface area contributed by atoms with Crippen molar-refractivity contribution in [3.63, 3.8) is 0 Å². The van der Waals surface area contributed by atoms with Crippen LogP contribution in [0.3, 0.4) is 0 Å². The van der Waals surface area contributed by atoms with Crippen LogP contribution in [-0.2, 0) is 11.2 Å². The second-order valence-corrected chi connectivity index (χ2v) is 4.97. The third-order valence-electron chi connectivity index (χ3n) is 3.24. The van der Waals surface area contributed by atoms with Gasteiger partial charge in [0.15, 0.2) is 0 Å². The summed E-state index contributed by atoms with van der Waals surface area (Å²) in [5, 5.41) is 2.92. The number of nitrogens with one attached hydrogen (secondary N) is 1. The number of amides is 1. The standard InChI is InChI=1S/C17H19NO/c1-12-9-13(2)16(14(3)10-12)11-17(19)18-15-7-5-4-6-8-15/h4-10H,11H2,1-3H3,(H,18,19). The number of carbonyl (C=O) groups is 1. The van der Waals surface area contributed by atoms with E-state index >= 15 is 0 Å². The molecule has 1 amide bonds. The van der Waals surface area contributed by atoms with Crippen LogP contribution < -0.4 is 5.32 Å². The van der Waals surface area contributed by atoms with Gasteiger partial charge in [-0.1, -0.05) is 35.9 Å². The zero-order valence-corrected chi connectivity index (χ0v) is 11.7. The van der Waals surface area contributed by atoms with Gasteiger partial charge in [0.05, 0.1) is 6.42 Å². The molecular formula is C17H19NO. The first-order valence-electron chi connectivity index (χ1n) is 6.48. The fourth-order valence-corrected chi connectivity index (χ4v) is 2.38. The van der Waals surface area contributed by atoms with E-state index in [2.05, 4.69) is 38.2 Å². The van der Waals surface area contributed by atoms with Crippen LogP contribution >= 0.6 is 0 Å². The van der Waals surface area contributed by atoms with E-state index in [4.69, 9.17) is 0 Å². The van der Waals surface area contributed by atoms with E-state index in [1.807, 2.05) is 30.3 Å². The average molecular weight is 253 g/mol. The molecule has 0 aliphatic carbocycles. The SMILES string of the molecule is Cc1cc(C)c(CC(=O)Nc2ccccc2)c(C)c1. The Hall–Kier alpha value is -2.09. The Morgan fingerprint density at radius 3 is 2.16 bits per heavy atom. The molecule has 0 fully saturated rings. The first kappa shape index (κ1) is 13.3. The highest BCUT2D eigenvalue weighted by Gasteiger charge is 2.09. The Morgan fingerprint density at radius 1 is 1.00 bits per heavy atom. The Kier molecular flexibility index (Phi) is 4.00. The van der Waals surface area contributed by atoms with Crippen LogP contribution in [0.25, 0.3) is 0 Å². The van der Waals surface area contributed by atoms with Gasteiger partial charge in [0.25, 0.3) is 0 Å². The fourth-order valence-electron chi connectivity index (χ4n) is 2.38. The van der Waals surface area contributed by atoms with Gasteiger partial charge in [0.1, 0.15) is 0 Å². The summed E-state index contributed by atoms with van der Waals surface area (Å²) in [5.41, 5.74) is 5.57. The minimum absolute atomic E-state index is 0.0289. The van der Waals surface area contributed by atoms with E-state index in [1.165, 1.54) is 16.7 Å². The highest BCUT2D eigenvalue weighted by molar-refractivity contribution is 5.92. The molecule has 0 aliphatic rings. The van der Waals surface area contributed by atoms with Gasteiger partial charge < -0.3 is 5.32 Å². The number of hydrogen-bond acceptors (Lipinski definition) is 1. The topological polar surface area (TPSA) is 29.1 Å². The molecule has 0 unspecified atom stereocenters. The molecule has 0 aromatic heterocycles. The molecule has 2 heteroatoms. The van der Waals surface area contributed by atoms with Crippen molar-refractivity contribution >= 4 is 11.6 Å². The molecular weight excluding hydrogens is 234 g/mol. The van der Waals surface area contributed by atoms with Crippen molar-refractivity contribution in [1.82, 2.24) is 0 Å². The van der Waals surface area contributed by atoms with Gasteiger partial charge in [0, 0.05) is 5.69 Å². The third-order valence-corrected chi connectivity index (χ3v) is 3.24. The lowest BCUT2D eigenvalue weighted by Gasteiger charge is -2.11. The maximum Gasteiger partial charge on any atom is 0.228 e. The molecule has 0 bridgehead atoms. The maximum atomic E-state index is 12.1. The largest absolute Gasteiger partial charge is 0.326 e. The predicted octanol–water partition coefficient (Wildman–Crippen LogP) is 3.79. The van der Waals surface area contributed by atoms with E-state index in [1.54, 1.807) is 0 Å². The molecule has 0 heterocycles. The number of hydrogen-bond donors (Lipinski definition) is 1. The summed E-state index contributed by atoms with van der Waals surface area (Å²) in [6.07, 6.45) is 0.423. The van der Waals surface area contributed by atoms with Crippen molar-refractivity contribution < 1.29 is 4.79 Å². The predicted molar refractivity (Wildman–Crippen MR) is 79.4 cm³/mol. The third kappa shape index (κ3) is 3.44. The maximum absolute atomic E-state index is 12.1. The first-order valence-corrected chi connectivity index (χ1v) is 6.48. The summed E-state index contributed by atoms with van der Waals surface area (Å²) in [6, 6.07) is 13.8. The highest BCUT2D eigenvalue weighted by atomic mass is 16.1. The number of benzene rings is 2. The van der Waals surface area contributed by atoms with E-state index in [9.17, 15) is 4.79 Å². The molecule has 0 atom stereocenters. The van der Waals surface area contributed by atoms with Gasteiger partial charge in [-0.15, -0.1) is 0 Å². The molecule has 0 saturated carbocycles. The number of anilines is 1. The number of aryl methyl sites for hydroxylation is 3. The van der Waals surface area contributed by atoms with Crippen molar-refractivity contribution in [1.29, 1.82) is 0 Å². The summed E-state index contributed by atoms with van der Waals surface area (Å²) >= 11 is 0. The van der Waals surface area contributed by atoms with Crippen LogP contribution in [0, 0.1) is 20.8 Å². The molecule has 2 rings (SSSR count). The Labute approximate surface area is 114 Å². The molecule has 2 aromatic carbocycles. The Morgan fingerprint density at radius 2 is 1.58 bits per heavy atom. The summed E-state index contributed by atoms with van der Waals surface area (Å²) < 4.78 is 0. The van der Waals surface area contributed by atoms with Gasteiger partial charge in [-0.3, -0.25) is 4.79 Å². The Balaban J connectivity index is 2.12. The molecule has 98 valence electrons. The van der Waals surface area contributed by atoms with Crippen LogP contribution in [0.15, 0.2) is 42.5 Å². The molecule has 0 spiro atoms. The van der Waals surface area contributed by atoms with Crippen LogP contribution in [0.1, 0.15) is 22.3 Å². The minimum atomic E-state index is 0.0289. The lowest BCUT2D eigenvalue weighted by molar-refractivity contribution is -0.115.